The third-order valence-electron chi connectivity index (χ3n) is 9.02. The molecule has 0 aliphatic heterocycles. The van der Waals surface area contributed by atoms with Crippen molar-refractivity contribution in [1.82, 2.24) is 0 Å². The molecule has 0 aromatic heterocycles. The largest absolute Gasteiger partial charge is 0.0616 e. The van der Waals surface area contributed by atoms with Crippen molar-refractivity contribution in [2.75, 3.05) is 0 Å². The van der Waals surface area contributed by atoms with Gasteiger partial charge in [-0.25, -0.2) is 0 Å². The lowest BCUT2D eigenvalue weighted by atomic mass is 9.87. The van der Waals surface area contributed by atoms with Crippen LogP contribution in [0.25, 0.3) is 86.9 Å². The van der Waals surface area contributed by atoms with Crippen molar-refractivity contribution >= 4 is 64.6 Å². The van der Waals surface area contributed by atoms with Crippen LogP contribution in [0.15, 0.2) is 158 Å². The first kappa shape index (κ1) is 23.3. The van der Waals surface area contributed by atoms with Gasteiger partial charge in [-0.1, -0.05) is 140 Å². The Labute approximate surface area is 244 Å². The van der Waals surface area contributed by atoms with E-state index in [4.69, 9.17) is 0 Å². The lowest BCUT2D eigenvalue weighted by Crippen LogP contribution is -1.90. The first-order valence-corrected chi connectivity index (χ1v) is 14.6. The van der Waals surface area contributed by atoms with Crippen LogP contribution < -0.4 is 0 Å². The van der Waals surface area contributed by atoms with E-state index >= 15 is 0 Å². The van der Waals surface area contributed by atoms with E-state index in [-0.39, 0.29) is 0 Å². The fraction of sp³-hybridized carbons (Fsp3) is 0. The summed E-state index contributed by atoms with van der Waals surface area (Å²) in [5, 5.41) is 15.4. The lowest BCUT2D eigenvalue weighted by molar-refractivity contribution is 1.67. The van der Waals surface area contributed by atoms with Gasteiger partial charge >= 0.3 is 0 Å². The third kappa shape index (κ3) is 3.42. The number of hydrogen-bond donors (Lipinski definition) is 0. The zero-order valence-electron chi connectivity index (χ0n) is 23.0. The quantitative estimate of drug-likeness (QED) is 0.154. The van der Waals surface area contributed by atoms with E-state index in [1.165, 1.54) is 86.9 Å². The van der Waals surface area contributed by atoms with Gasteiger partial charge in [0, 0.05) is 0 Å². The van der Waals surface area contributed by atoms with Gasteiger partial charge in [-0.05, 0) is 105 Å². The van der Waals surface area contributed by atoms with Gasteiger partial charge in [-0.3, -0.25) is 0 Å². The van der Waals surface area contributed by atoms with Gasteiger partial charge in [0.05, 0.1) is 0 Å². The highest BCUT2D eigenvalue weighted by molar-refractivity contribution is 6.19. The highest BCUT2D eigenvalue weighted by Crippen LogP contribution is 2.42. The van der Waals surface area contributed by atoms with Crippen LogP contribution in [0, 0.1) is 0 Å². The second kappa shape index (κ2) is 9.03. The van der Waals surface area contributed by atoms with Crippen molar-refractivity contribution in [1.29, 1.82) is 0 Å². The highest BCUT2D eigenvalue weighted by Gasteiger charge is 2.15. The Kier molecular flexibility index (Phi) is 5.00. The van der Waals surface area contributed by atoms with Crippen LogP contribution >= 0.6 is 0 Å². The third-order valence-corrected chi connectivity index (χ3v) is 9.02. The Bertz CT molecular complexity index is 2510. The molecular formula is C42H26. The fourth-order valence-electron chi connectivity index (χ4n) is 7.06. The summed E-state index contributed by atoms with van der Waals surface area (Å²) >= 11 is 0. The van der Waals surface area contributed by atoms with Crippen LogP contribution in [0.2, 0.25) is 0 Å². The van der Waals surface area contributed by atoms with Crippen LogP contribution in [0.4, 0.5) is 0 Å². The van der Waals surface area contributed by atoms with Crippen LogP contribution in [0.5, 0.6) is 0 Å². The average molecular weight is 531 g/mol. The SMILES string of the molecule is c1cc(-c2ccc(-c3cc4ccccc4c4ccccc34)c3ccccc23)c2cc3c(ccc4ccccc43)cc2c1. The zero-order chi connectivity index (χ0) is 27.6. The molecule has 0 N–H and O–H groups in total. The van der Waals surface area contributed by atoms with Crippen LogP contribution in [-0.2, 0) is 0 Å². The monoisotopic (exact) mass is 530 g/mol. The Morgan fingerprint density at radius 3 is 1.38 bits per heavy atom. The molecule has 0 unspecified atom stereocenters. The van der Waals surface area contributed by atoms with Crippen molar-refractivity contribution in [3.8, 4) is 22.3 Å². The molecule has 0 heterocycles. The molecule has 9 aromatic rings. The number of benzene rings is 9. The van der Waals surface area contributed by atoms with Crippen LogP contribution in [0.1, 0.15) is 0 Å². The normalized spacial score (nSPS) is 11.8. The predicted molar refractivity (Wildman–Crippen MR) is 182 cm³/mol. The summed E-state index contributed by atoms with van der Waals surface area (Å²) in [4.78, 5) is 0. The molecule has 0 amide bonds. The molecular weight excluding hydrogens is 504 g/mol. The van der Waals surface area contributed by atoms with E-state index in [0.717, 1.165) is 0 Å². The topological polar surface area (TPSA) is 0 Å². The van der Waals surface area contributed by atoms with Crippen molar-refractivity contribution in [3.63, 3.8) is 0 Å². The number of hydrogen-bond acceptors (Lipinski definition) is 0. The van der Waals surface area contributed by atoms with E-state index in [1.54, 1.807) is 0 Å². The minimum absolute atomic E-state index is 1.27. The molecule has 0 fully saturated rings. The van der Waals surface area contributed by atoms with Crippen molar-refractivity contribution in [2.24, 2.45) is 0 Å². The maximum Gasteiger partial charge on any atom is -0.00928 e. The van der Waals surface area contributed by atoms with E-state index in [2.05, 4.69) is 158 Å². The van der Waals surface area contributed by atoms with Gasteiger partial charge in [0.25, 0.3) is 0 Å². The number of rotatable bonds is 2. The van der Waals surface area contributed by atoms with Crippen molar-refractivity contribution < 1.29 is 0 Å². The summed E-state index contributed by atoms with van der Waals surface area (Å²) in [7, 11) is 0. The average Bonchev–Trinajstić information content (AvgIpc) is 3.06. The molecule has 0 aliphatic carbocycles. The summed E-state index contributed by atoms with van der Waals surface area (Å²) in [6.45, 7) is 0. The summed E-state index contributed by atoms with van der Waals surface area (Å²) in [5.41, 5.74) is 5.09. The van der Waals surface area contributed by atoms with E-state index in [1.807, 2.05) is 0 Å². The molecule has 0 atom stereocenters. The van der Waals surface area contributed by atoms with Gasteiger partial charge in [-0.15, -0.1) is 0 Å². The Hall–Kier alpha value is -5.46. The van der Waals surface area contributed by atoms with Crippen LogP contribution in [-0.4, -0.2) is 0 Å². The first-order valence-electron chi connectivity index (χ1n) is 14.6. The van der Waals surface area contributed by atoms with Crippen molar-refractivity contribution in [3.05, 3.63) is 158 Å². The van der Waals surface area contributed by atoms with Gasteiger partial charge in [0.15, 0.2) is 0 Å². The summed E-state index contributed by atoms with van der Waals surface area (Å²) in [6, 6.07) is 58.2. The van der Waals surface area contributed by atoms with Crippen LogP contribution in [0.3, 0.4) is 0 Å². The van der Waals surface area contributed by atoms with E-state index < -0.39 is 0 Å². The molecule has 0 radical (unpaired) electrons. The molecule has 0 saturated heterocycles. The van der Waals surface area contributed by atoms with Gasteiger partial charge in [-0.2, -0.15) is 0 Å². The van der Waals surface area contributed by atoms with Gasteiger partial charge in [0.1, 0.15) is 0 Å². The van der Waals surface area contributed by atoms with Gasteiger partial charge in [0.2, 0.25) is 0 Å². The first-order chi connectivity index (χ1) is 20.8. The molecule has 42 heavy (non-hydrogen) atoms. The predicted octanol–water partition coefficient (Wildman–Crippen LogP) is 11.9. The minimum atomic E-state index is 1.27. The molecule has 0 nitrogen and oxygen atoms in total. The Balaban J connectivity index is 1.34. The molecule has 0 aliphatic rings. The van der Waals surface area contributed by atoms with Gasteiger partial charge < -0.3 is 0 Å². The smallest absolute Gasteiger partial charge is 0.00928 e. The molecule has 9 aromatic carbocycles. The zero-order valence-corrected chi connectivity index (χ0v) is 23.0. The standard InChI is InChI=1S/C42H26/c1-3-13-31-27(10-1)20-21-30-24-28-12-9-19-36(41(28)26-40(30)31)38-22-23-39(35-17-7-6-16-34(35)38)42-25-29-11-2-4-14-32(29)33-15-5-8-18-37(33)42/h1-26H. The molecule has 194 valence electrons. The number of fused-ring (bicyclic) bond motifs is 8. The molecule has 0 saturated carbocycles. The second-order valence-electron chi connectivity index (χ2n) is 11.3. The highest BCUT2D eigenvalue weighted by atomic mass is 14.2. The summed E-state index contributed by atoms with van der Waals surface area (Å²) in [5.74, 6) is 0. The summed E-state index contributed by atoms with van der Waals surface area (Å²) in [6.07, 6.45) is 0. The lowest BCUT2D eigenvalue weighted by Gasteiger charge is -2.17. The molecule has 0 bridgehead atoms. The Morgan fingerprint density at radius 2 is 0.643 bits per heavy atom. The minimum Gasteiger partial charge on any atom is -0.0616 e. The second-order valence-corrected chi connectivity index (χ2v) is 11.3. The van der Waals surface area contributed by atoms with Crippen molar-refractivity contribution in [2.45, 2.75) is 0 Å². The Morgan fingerprint density at radius 1 is 0.190 bits per heavy atom. The van der Waals surface area contributed by atoms with E-state index in [0.29, 0.717) is 0 Å². The summed E-state index contributed by atoms with van der Waals surface area (Å²) < 4.78 is 0. The fourth-order valence-corrected chi connectivity index (χ4v) is 7.06. The molecule has 0 spiro atoms. The molecule has 0 heteroatoms. The maximum atomic E-state index is 2.40. The van der Waals surface area contributed by atoms with E-state index in [9.17, 15) is 0 Å². The molecule has 9 rings (SSSR count). The maximum absolute atomic E-state index is 2.40.